The van der Waals surface area contributed by atoms with Gasteiger partial charge in [0.05, 0.1) is 13.2 Å². The highest BCUT2D eigenvalue weighted by Crippen LogP contribution is 2.32. The summed E-state index contributed by atoms with van der Waals surface area (Å²) in [4.78, 5) is 18.3. The first-order chi connectivity index (χ1) is 11.8. The summed E-state index contributed by atoms with van der Waals surface area (Å²) < 4.78 is 5.74. The predicted octanol–water partition coefficient (Wildman–Crippen LogP) is 1.63. The van der Waals surface area contributed by atoms with Crippen molar-refractivity contribution in [1.29, 1.82) is 0 Å². The summed E-state index contributed by atoms with van der Waals surface area (Å²) in [7, 11) is 0. The molecule has 0 bridgehead atoms. The molecule has 0 spiro atoms. The average Bonchev–Trinajstić information content (AvgIpc) is 3.39. The maximum Gasteiger partial charge on any atom is 0.225 e. The number of hydrogen-bond donors (Lipinski definition) is 1. The van der Waals surface area contributed by atoms with Gasteiger partial charge in [-0.15, -0.1) is 0 Å². The van der Waals surface area contributed by atoms with Gasteiger partial charge >= 0.3 is 0 Å². The van der Waals surface area contributed by atoms with Crippen molar-refractivity contribution in [2.75, 3.05) is 26.3 Å². The number of rotatable bonds is 5. The molecule has 3 heterocycles. The molecule has 2 atom stereocenters. The normalized spacial score (nSPS) is 28.2. The molecule has 24 heavy (non-hydrogen) atoms. The molecule has 1 aliphatic carbocycles. The van der Waals surface area contributed by atoms with Crippen LogP contribution in [0.2, 0.25) is 0 Å². The Hall–Kier alpha value is -1.46. The monoisotopic (exact) mass is 329 g/mol. The highest BCUT2D eigenvalue weighted by Gasteiger charge is 2.36. The van der Waals surface area contributed by atoms with Crippen LogP contribution in [0.4, 0.5) is 0 Å². The fraction of sp³-hybridized carbons (Fsp3) is 0.684. The van der Waals surface area contributed by atoms with Crippen molar-refractivity contribution in [2.45, 2.75) is 44.2 Å². The minimum atomic E-state index is 0.350. The first-order valence-electron chi connectivity index (χ1n) is 9.31. The summed E-state index contributed by atoms with van der Waals surface area (Å²) >= 11 is 0. The molecule has 1 aromatic heterocycles. The molecule has 1 N–H and O–H groups in total. The maximum absolute atomic E-state index is 12.1. The van der Waals surface area contributed by atoms with Crippen LogP contribution in [0, 0.1) is 11.8 Å². The van der Waals surface area contributed by atoms with Crippen molar-refractivity contribution in [3.05, 3.63) is 30.1 Å². The fourth-order valence-corrected chi connectivity index (χ4v) is 3.96. The number of nitrogens with one attached hydrogen (secondary N) is 1. The van der Waals surface area contributed by atoms with Gasteiger partial charge in [-0.05, 0) is 49.8 Å². The molecule has 0 unspecified atom stereocenters. The quantitative estimate of drug-likeness (QED) is 0.892. The van der Waals surface area contributed by atoms with Crippen LogP contribution in [-0.2, 0) is 16.0 Å². The summed E-state index contributed by atoms with van der Waals surface area (Å²) in [5.74, 6) is 1.27. The number of nitrogens with zero attached hydrogens (tertiary/aromatic N) is 2. The van der Waals surface area contributed by atoms with Gasteiger partial charge in [0.2, 0.25) is 5.91 Å². The van der Waals surface area contributed by atoms with Crippen molar-refractivity contribution in [2.24, 2.45) is 11.8 Å². The largest absolute Gasteiger partial charge is 0.379 e. The third-order valence-electron chi connectivity index (χ3n) is 5.63. The number of ether oxygens (including phenoxy) is 1. The first kappa shape index (κ1) is 16.0. The minimum absolute atomic E-state index is 0.350. The Morgan fingerprint density at radius 3 is 2.62 bits per heavy atom. The molecule has 1 saturated carbocycles. The van der Waals surface area contributed by atoms with E-state index < -0.39 is 0 Å². The number of piperidine rings is 1. The van der Waals surface area contributed by atoms with Gasteiger partial charge in [0.15, 0.2) is 0 Å². The van der Waals surface area contributed by atoms with Gasteiger partial charge in [0.25, 0.3) is 0 Å². The van der Waals surface area contributed by atoms with Crippen molar-refractivity contribution in [1.82, 2.24) is 15.2 Å². The van der Waals surface area contributed by atoms with E-state index in [0.717, 1.165) is 58.4 Å². The van der Waals surface area contributed by atoms with Gasteiger partial charge in [-0.25, -0.2) is 0 Å². The van der Waals surface area contributed by atoms with Gasteiger partial charge in [-0.1, -0.05) is 0 Å². The molecule has 0 radical (unpaired) electrons. The lowest BCUT2D eigenvalue weighted by molar-refractivity contribution is -0.133. The number of aromatic nitrogens is 1. The van der Waals surface area contributed by atoms with Crippen molar-refractivity contribution in [3.8, 4) is 0 Å². The van der Waals surface area contributed by atoms with E-state index in [1.807, 2.05) is 12.4 Å². The summed E-state index contributed by atoms with van der Waals surface area (Å²) in [6.45, 7) is 3.46. The molecule has 4 rings (SSSR count). The predicted molar refractivity (Wildman–Crippen MR) is 91.5 cm³/mol. The lowest BCUT2D eigenvalue weighted by Crippen LogP contribution is -2.50. The third-order valence-corrected chi connectivity index (χ3v) is 5.63. The van der Waals surface area contributed by atoms with Crippen LogP contribution in [0.25, 0.3) is 0 Å². The Morgan fingerprint density at radius 1 is 1.17 bits per heavy atom. The molecule has 0 aromatic carbocycles. The van der Waals surface area contributed by atoms with E-state index in [9.17, 15) is 4.79 Å². The number of carbonyl (C=O) groups is 1. The van der Waals surface area contributed by atoms with Crippen LogP contribution in [0.15, 0.2) is 24.5 Å². The number of hydrogen-bond acceptors (Lipinski definition) is 4. The van der Waals surface area contributed by atoms with Gasteiger partial charge < -0.3 is 15.0 Å². The van der Waals surface area contributed by atoms with E-state index >= 15 is 0 Å². The average molecular weight is 329 g/mol. The zero-order chi connectivity index (χ0) is 16.4. The summed E-state index contributed by atoms with van der Waals surface area (Å²) in [5.41, 5.74) is 1.33. The molecule has 3 fully saturated rings. The third kappa shape index (κ3) is 3.78. The van der Waals surface area contributed by atoms with Crippen molar-refractivity contribution in [3.63, 3.8) is 0 Å². The van der Waals surface area contributed by atoms with Crippen LogP contribution in [0.5, 0.6) is 0 Å². The molecule has 2 saturated heterocycles. The standard InChI is InChI=1S/C19H27N3O2/c23-19(15-1-2-15)22-9-5-17(6-10-22)21-18-13-24-12-16(18)11-14-3-7-20-8-4-14/h3-4,7-8,15-18,21H,1-2,5-6,9-13H2/t16-,18-/m1/s1. The van der Waals surface area contributed by atoms with Gasteiger partial charge in [0.1, 0.15) is 0 Å². The Labute approximate surface area is 143 Å². The van der Waals surface area contributed by atoms with Gasteiger partial charge in [-0.2, -0.15) is 0 Å². The first-order valence-corrected chi connectivity index (χ1v) is 9.31. The summed E-state index contributed by atoms with van der Waals surface area (Å²) in [6.07, 6.45) is 9.10. The highest BCUT2D eigenvalue weighted by molar-refractivity contribution is 5.81. The number of pyridine rings is 1. The smallest absolute Gasteiger partial charge is 0.225 e. The fourth-order valence-electron chi connectivity index (χ4n) is 3.96. The van der Waals surface area contributed by atoms with Crippen molar-refractivity contribution >= 4 is 5.91 Å². The van der Waals surface area contributed by atoms with E-state index in [0.29, 0.717) is 29.8 Å². The molecule has 1 aromatic rings. The molecule has 2 aliphatic heterocycles. The van der Waals surface area contributed by atoms with Crippen LogP contribution in [-0.4, -0.2) is 54.2 Å². The van der Waals surface area contributed by atoms with Crippen LogP contribution in [0.1, 0.15) is 31.2 Å². The molecule has 130 valence electrons. The molecule has 3 aliphatic rings. The Morgan fingerprint density at radius 2 is 1.92 bits per heavy atom. The topological polar surface area (TPSA) is 54.5 Å². The van der Waals surface area contributed by atoms with Crippen LogP contribution < -0.4 is 5.32 Å². The lowest BCUT2D eigenvalue weighted by Gasteiger charge is -2.35. The molecule has 5 nitrogen and oxygen atoms in total. The number of likely N-dealkylation sites (tertiary alicyclic amines) is 1. The second-order valence-electron chi connectivity index (χ2n) is 7.50. The van der Waals surface area contributed by atoms with Crippen LogP contribution >= 0.6 is 0 Å². The maximum atomic E-state index is 12.1. The second kappa shape index (κ2) is 7.19. The van der Waals surface area contributed by atoms with E-state index in [-0.39, 0.29) is 0 Å². The lowest BCUT2D eigenvalue weighted by atomic mass is 9.93. The minimum Gasteiger partial charge on any atom is -0.379 e. The molecular weight excluding hydrogens is 302 g/mol. The zero-order valence-electron chi connectivity index (χ0n) is 14.2. The summed E-state index contributed by atoms with van der Waals surface area (Å²) in [6, 6.07) is 5.13. The Balaban J connectivity index is 1.26. The molecule has 5 heteroatoms. The highest BCUT2D eigenvalue weighted by atomic mass is 16.5. The van der Waals surface area contributed by atoms with E-state index in [1.165, 1.54) is 5.56 Å². The zero-order valence-corrected chi connectivity index (χ0v) is 14.2. The van der Waals surface area contributed by atoms with E-state index in [1.54, 1.807) is 0 Å². The van der Waals surface area contributed by atoms with E-state index in [4.69, 9.17) is 4.74 Å². The Kier molecular flexibility index (Phi) is 4.81. The van der Waals surface area contributed by atoms with Gasteiger partial charge in [0, 0.05) is 49.4 Å². The van der Waals surface area contributed by atoms with Crippen LogP contribution in [0.3, 0.4) is 0 Å². The van der Waals surface area contributed by atoms with E-state index in [2.05, 4.69) is 27.3 Å². The Bertz CT molecular complexity index is 553. The number of amides is 1. The molecular formula is C19H27N3O2. The summed E-state index contributed by atoms with van der Waals surface area (Å²) in [5, 5.41) is 3.81. The van der Waals surface area contributed by atoms with Gasteiger partial charge in [-0.3, -0.25) is 9.78 Å². The second-order valence-corrected chi connectivity index (χ2v) is 7.50. The number of carbonyl (C=O) groups excluding carboxylic acids is 1. The van der Waals surface area contributed by atoms with Crippen molar-refractivity contribution < 1.29 is 9.53 Å². The molecule has 1 amide bonds. The SMILES string of the molecule is O=C(C1CC1)N1CCC(N[C@@H]2COC[C@H]2Cc2ccncc2)CC1.